The molecule has 104 valence electrons. The Morgan fingerprint density at radius 2 is 2.06 bits per heavy atom. The number of hydrogen-bond donors (Lipinski definition) is 2. The van der Waals surface area contributed by atoms with E-state index in [1.165, 1.54) is 32.1 Å². The van der Waals surface area contributed by atoms with Crippen molar-refractivity contribution in [2.24, 2.45) is 11.8 Å². The van der Waals surface area contributed by atoms with E-state index >= 15 is 0 Å². The fourth-order valence-corrected chi connectivity index (χ4v) is 3.05. The average Bonchev–Trinajstić information content (AvgIpc) is 3.17. The predicted octanol–water partition coefficient (Wildman–Crippen LogP) is 1.98. The zero-order valence-corrected chi connectivity index (χ0v) is 11.6. The molecule has 2 fully saturated rings. The Kier molecular flexibility index (Phi) is 4.49. The average molecular weight is 254 g/mol. The number of likely N-dealkylation sites (N-methyl/N-ethyl adjacent to an activating group) is 1. The first-order chi connectivity index (χ1) is 8.63. The molecule has 0 saturated heterocycles. The van der Waals surface area contributed by atoms with Crippen LogP contribution in [0.1, 0.15) is 45.4 Å². The summed E-state index contributed by atoms with van der Waals surface area (Å²) in [6.45, 7) is 1.87. The van der Waals surface area contributed by atoms with Gasteiger partial charge in [0.2, 0.25) is 0 Å². The Bertz CT molecular complexity index is 290. The highest BCUT2D eigenvalue weighted by Crippen LogP contribution is 2.44. The van der Waals surface area contributed by atoms with Crippen molar-refractivity contribution >= 4 is 6.03 Å². The van der Waals surface area contributed by atoms with Gasteiger partial charge in [-0.3, -0.25) is 0 Å². The van der Waals surface area contributed by atoms with Crippen LogP contribution in [0.2, 0.25) is 0 Å². The maximum atomic E-state index is 11.9. The third-order valence-electron chi connectivity index (χ3n) is 4.65. The largest absolute Gasteiger partial charge is 0.394 e. The number of carbonyl (C=O) groups excluding carboxylic acids is 1. The molecule has 2 N–H and O–H groups in total. The first-order valence-corrected chi connectivity index (χ1v) is 7.27. The van der Waals surface area contributed by atoms with Crippen LogP contribution in [0.5, 0.6) is 0 Å². The van der Waals surface area contributed by atoms with Gasteiger partial charge in [-0.05, 0) is 25.2 Å². The molecule has 2 aliphatic carbocycles. The molecule has 2 amide bonds. The van der Waals surface area contributed by atoms with Gasteiger partial charge >= 0.3 is 6.03 Å². The number of nitrogens with zero attached hydrogens (tertiary/aromatic N) is 1. The van der Waals surface area contributed by atoms with Crippen molar-refractivity contribution in [1.82, 2.24) is 10.2 Å². The van der Waals surface area contributed by atoms with Gasteiger partial charge in [-0.15, -0.1) is 0 Å². The lowest BCUT2D eigenvalue weighted by Crippen LogP contribution is -2.45. The third-order valence-corrected chi connectivity index (χ3v) is 4.65. The topological polar surface area (TPSA) is 52.6 Å². The molecule has 0 aromatic carbocycles. The van der Waals surface area contributed by atoms with Gasteiger partial charge in [0.05, 0.1) is 12.6 Å². The Morgan fingerprint density at radius 1 is 1.39 bits per heavy atom. The zero-order valence-electron chi connectivity index (χ0n) is 11.6. The summed E-state index contributed by atoms with van der Waals surface area (Å²) in [7, 11) is 1.74. The summed E-state index contributed by atoms with van der Waals surface area (Å²) in [4.78, 5) is 13.5. The maximum absolute atomic E-state index is 11.9. The number of aliphatic hydroxyl groups is 1. The van der Waals surface area contributed by atoms with Gasteiger partial charge < -0.3 is 15.3 Å². The highest BCUT2D eigenvalue weighted by Gasteiger charge is 2.44. The molecule has 4 nitrogen and oxygen atoms in total. The Hall–Kier alpha value is -0.770. The van der Waals surface area contributed by atoms with Gasteiger partial charge in [0.15, 0.2) is 0 Å². The van der Waals surface area contributed by atoms with Crippen molar-refractivity contribution in [3.63, 3.8) is 0 Å². The summed E-state index contributed by atoms with van der Waals surface area (Å²) in [6.07, 6.45) is 7.96. The zero-order chi connectivity index (χ0) is 13.1. The summed E-state index contributed by atoms with van der Waals surface area (Å²) in [5.74, 6) is 1.55. The van der Waals surface area contributed by atoms with Crippen LogP contribution in [0.15, 0.2) is 0 Å². The van der Waals surface area contributed by atoms with Crippen LogP contribution in [0.4, 0.5) is 4.79 Å². The van der Waals surface area contributed by atoms with Crippen LogP contribution in [0.3, 0.4) is 0 Å². The standard InChI is InChI=1S/C14H26N2O2/c1-10(9-17)16(2)14(18)15-13-8-12(13)11-6-4-3-5-7-11/h10-13,17H,3-9H2,1-2H3,(H,15,18). The second-order valence-corrected chi connectivity index (χ2v) is 6.00. The van der Waals surface area contributed by atoms with E-state index < -0.39 is 0 Å². The molecular formula is C14H26N2O2. The summed E-state index contributed by atoms with van der Waals surface area (Å²) < 4.78 is 0. The van der Waals surface area contributed by atoms with Crippen molar-refractivity contribution in [1.29, 1.82) is 0 Å². The second-order valence-electron chi connectivity index (χ2n) is 6.00. The van der Waals surface area contributed by atoms with E-state index in [1.807, 2.05) is 6.92 Å². The van der Waals surface area contributed by atoms with E-state index in [9.17, 15) is 4.79 Å². The minimum atomic E-state index is -0.114. The summed E-state index contributed by atoms with van der Waals surface area (Å²) in [5, 5.41) is 12.1. The Morgan fingerprint density at radius 3 is 2.67 bits per heavy atom. The molecule has 0 spiro atoms. The minimum Gasteiger partial charge on any atom is -0.394 e. The lowest BCUT2D eigenvalue weighted by molar-refractivity contribution is 0.156. The quantitative estimate of drug-likeness (QED) is 0.806. The van der Waals surface area contributed by atoms with Crippen molar-refractivity contribution in [2.45, 2.75) is 57.5 Å². The van der Waals surface area contributed by atoms with Crippen molar-refractivity contribution in [2.75, 3.05) is 13.7 Å². The summed E-state index contributed by atoms with van der Waals surface area (Å²) in [5.41, 5.74) is 0. The Balaban J connectivity index is 1.73. The van der Waals surface area contributed by atoms with Crippen LogP contribution in [0, 0.1) is 11.8 Å². The molecule has 2 saturated carbocycles. The van der Waals surface area contributed by atoms with Gasteiger partial charge in [-0.2, -0.15) is 0 Å². The number of aliphatic hydroxyl groups excluding tert-OH is 1. The minimum absolute atomic E-state index is 0.0145. The van der Waals surface area contributed by atoms with E-state index in [-0.39, 0.29) is 18.7 Å². The van der Waals surface area contributed by atoms with E-state index in [0.29, 0.717) is 12.0 Å². The highest BCUT2D eigenvalue weighted by molar-refractivity contribution is 5.75. The molecule has 2 aliphatic rings. The first-order valence-electron chi connectivity index (χ1n) is 7.27. The van der Waals surface area contributed by atoms with Crippen LogP contribution in [-0.2, 0) is 0 Å². The number of urea groups is 1. The molecule has 0 radical (unpaired) electrons. The number of rotatable bonds is 4. The van der Waals surface area contributed by atoms with Gasteiger partial charge in [0.1, 0.15) is 0 Å². The van der Waals surface area contributed by atoms with Gasteiger partial charge in [-0.25, -0.2) is 4.79 Å². The normalized spacial score (nSPS) is 29.7. The fourth-order valence-electron chi connectivity index (χ4n) is 3.05. The van der Waals surface area contributed by atoms with E-state index in [0.717, 1.165) is 12.3 Å². The summed E-state index contributed by atoms with van der Waals surface area (Å²) in [6, 6.07) is 0.227. The van der Waals surface area contributed by atoms with Crippen LogP contribution in [-0.4, -0.2) is 41.8 Å². The van der Waals surface area contributed by atoms with E-state index in [4.69, 9.17) is 5.11 Å². The molecule has 18 heavy (non-hydrogen) atoms. The van der Waals surface area contributed by atoms with Crippen LogP contribution >= 0.6 is 0 Å². The summed E-state index contributed by atoms with van der Waals surface area (Å²) >= 11 is 0. The van der Waals surface area contributed by atoms with E-state index in [2.05, 4.69) is 5.32 Å². The number of amides is 2. The molecule has 3 atom stereocenters. The molecule has 3 unspecified atom stereocenters. The van der Waals surface area contributed by atoms with Crippen LogP contribution < -0.4 is 5.32 Å². The molecule has 4 heteroatoms. The number of carbonyl (C=O) groups is 1. The van der Waals surface area contributed by atoms with Gasteiger partial charge in [0, 0.05) is 13.1 Å². The molecule has 0 bridgehead atoms. The third kappa shape index (κ3) is 3.16. The monoisotopic (exact) mass is 254 g/mol. The van der Waals surface area contributed by atoms with Crippen molar-refractivity contribution < 1.29 is 9.90 Å². The first kappa shape index (κ1) is 13.7. The molecule has 0 heterocycles. The SMILES string of the molecule is CC(CO)N(C)C(=O)NC1CC1C1CCCCC1. The van der Waals surface area contributed by atoms with Gasteiger partial charge in [-0.1, -0.05) is 32.1 Å². The van der Waals surface area contributed by atoms with Crippen molar-refractivity contribution in [3.8, 4) is 0 Å². The van der Waals surface area contributed by atoms with Gasteiger partial charge in [0.25, 0.3) is 0 Å². The maximum Gasteiger partial charge on any atom is 0.317 e. The second kappa shape index (κ2) is 5.91. The lowest BCUT2D eigenvalue weighted by Gasteiger charge is -2.25. The number of nitrogens with one attached hydrogen (secondary N) is 1. The predicted molar refractivity (Wildman–Crippen MR) is 71.3 cm³/mol. The molecule has 0 aromatic heterocycles. The smallest absolute Gasteiger partial charge is 0.317 e. The van der Waals surface area contributed by atoms with E-state index in [1.54, 1.807) is 11.9 Å². The molecule has 0 aliphatic heterocycles. The highest BCUT2D eigenvalue weighted by atomic mass is 16.3. The Labute approximate surface area is 110 Å². The molecule has 0 aromatic rings. The molecule has 2 rings (SSSR count). The van der Waals surface area contributed by atoms with Crippen molar-refractivity contribution in [3.05, 3.63) is 0 Å². The number of hydrogen-bond acceptors (Lipinski definition) is 2. The lowest BCUT2D eigenvalue weighted by atomic mass is 9.85. The molecular weight excluding hydrogens is 228 g/mol. The van der Waals surface area contributed by atoms with Crippen LogP contribution in [0.25, 0.3) is 0 Å². The fraction of sp³-hybridized carbons (Fsp3) is 0.929.